The van der Waals surface area contributed by atoms with Gasteiger partial charge in [0.25, 0.3) is 5.56 Å². The van der Waals surface area contributed by atoms with Crippen molar-refractivity contribution in [3.8, 4) is 5.75 Å². The van der Waals surface area contributed by atoms with E-state index in [1.54, 1.807) is 24.8 Å². The molecule has 0 N–H and O–H groups in total. The molecule has 1 fully saturated rings. The van der Waals surface area contributed by atoms with Crippen molar-refractivity contribution in [2.24, 2.45) is 7.05 Å². The van der Waals surface area contributed by atoms with Crippen LogP contribution in [-0.2, 0) is 13.6 Å². The highest BCUT2D eigenvalue weighted by Gasteiger charge is 2.20. The number of anilines is 1. The standard InChI is InChI=1S/C22H24FN3O2/c1-24-21-14-18(28-2)8-7-16(21)13-17(22(24)27)15-25-9-11-26(12-10-25)20-6-4-3-5-19(20)23/h3-8,13-14H,9-12,15H2,1-2H3. The minimum Gasteiger partial charge on any atom is -0.497 e. The summed E-state index contributed by atoms with van der Waals surface area (Å²) in [7, 11) is 3.42. The van der Waals surface area contributed by atoms with E-state index in [2.05, 4.69) is 9.80 Å². The van der Waals surface area contributed by atoms with Gasteiger partial charge in [0, 0.05) is 51.4 Å². The summed E-state index contributed by atoms with van der Waals surface area (Å²) >= 11 is 0. The predicted molar refractivity (Wildman–Crippen MR) is 110 cm³/mol. The Morgan fingerprint density at radius 2 is 1.79 bits per heavy atom. The number of hydrogen-bond acceptors (Lipinski definition) is 4. The summed E-state index contributed by atoms with van der Waals surface area (Å²) in [5, 5.41) is 1.02. The molecule has 2 heterocycles. The van der Waals surface area contributed by atoms with Gasteiger partial charge < -0.3 is 14.2 Å². The van der Waals surface area contributed by atoms with Crippen LogP contribution in [0.25, 0.3) is 10.9 Å². The number of aryl methyl sites for hydroxylation is 1. The zero-order valence-corrected chi connectivity index (χ0v) is 16.2. The highest BCUT2D eigenvalue weighted by Crippen LogP contribution is 2.22. The normalized spacial score (nSPS) is 15.2. The van der Waals surface area contributed by atoms with Gasteiger partial charge in [-0.1, -0.05) is 12.1 Å². The minimum absolute atomic E-state index is 0.0114. The molecule has 28 heavy (non-hydrogen) atoms. The van der Waals surface area contributed by atoms with Crippen molar-refractivity contribution in [1.29, 1.82) is 0 Å². The van der Waals surface area contributed by atoms with Crippen LogP contribution in [0.4, 0.5) is 10.1 Å². The molecule has 0 spiro atoms. The summed E-state index contributed by atoms with van der Waals surface area (Å²) in [5.41, 5.74) is 2.30. The van der Waals surface area contributed by atoms with Crippen molar-refractivity contribution in [3.05, 3.63) is 70.3 Å². The van der Waals surface area contributed by atoms with E-state index in [4.69, 9.17) is 4.74 Å². The molecule has 0 amide bonds. The number of hydrogen-bond donors (Lipinski definition) is 0. The van der Waals surface area contributed by atoms with Crippen LogP contribution >= 0.6 is 0 Å². The SMILES string of the molecule is COc1ccc2cc(CN3CCN(c4ccccc4F)CC3)c(=O)n(C)c2c1. The maximum atomic E-state index is 14.0. The molecule has 1 aromatic heterocycles. The quantitative estimate of drug-likeness (QED) is 0.696. The maximum absolute atomic E-state index is 14.0. The highest BCUT2D eigenvalue weighted by atomic mass is 19.1. The zero-order valence-electron chi connectivity index (χ0n) is 16.2. The Hall–Kier alpha value is -2.86. The van der Waals surface area contributed by atoms with Crippen LogP contribution in [0.5, 0.6) is 5.75 Å². The fourth-order valence-electron chi connectivity index (χ4n) is 3.85. The van der Waals surface area contributed by atoms with Gasteiger partial charge in [-0.05, 0) is 35.7 Å². The molecule has 0 bridgehead atoms. The second-order valence-corrected chi connectivity index (χ2v) is 7.17. The Labute approximate surface area is 163 Å². The molecule has 4 rings (SSSR count). The summed E-state index contributed by atoms with van der Waals surface area (Å²) in [4.78, 5) is 17.1. The number of rotatable bonds is 4. The first-order valence-electron chi connectivity index (χ1n) is 9.45. The number of pyridine rings is 1. The van der Waals surface area contributed by atoms with Gasteiger partial charge in [0.05, 0.1) is 18.3 Å². The van der Waals surface area contributed by atoms with Gasteiger partial charge in [-0.25, -0.2) is 4.39 Å². The van der Waals surface area contributed by atoms with Gasteiger partial charge in [0.15, 0.2) is 0 Å². The fourth-order valence-corrected chi connectivity index (χ4v) is 3.85. The molecule has 0 atom stereocenters. The summed E-state index contributed by atoms with van der Waals surface area (Å²) in [5.74, 6) is 0.550. The van der Waals surface area contributed by atoms with Crippen LogP contribution in [-0.4, -0.2) is 42.8 Å². The maximum Gasteiger partial charge on any atom is 0.255 e. The molecule has 5 nitrogen and oxygen atoms in total. The van der Waals surface area contributed by atoms with Crippen LogP contribution in [0.3, 0.4) is 0 Å². The third-order valence-corrected chi connectivity index (χ3v) is 5.47. The van der Waals surface area contributed by atoms with Crippen molar-refractivity contribution in [1.82, 2.24) is 9.47 Å². The Morgan fingerprint density at radius 3 is 2.50 bits per heavy atom. The molecule has 6 heteroatoms. The van der Waals surface area contributed by atoms with E-state index in [0.29, 0.717) is 12.2 Å². The van der Waals surface area contributed by atoms with Crippen molar-refractivity contribution in [3.63, 3.8) is 0 Å². The second kappa shape index (κ2) is 7.64. The number of fused-ring (bicyclic) bond motifs is 1. The van der Waals surface area contributed by atoms with Crippen LogP contribution in [0.2, 0.25) is 0 Å². The average molecular weight is 381 g/mol. The van der Waals surface area contributed by atoms with Crippen LogP contribution in [0.1, 0.15) is 5.56 Å². The number of methoxy groups -OCH3 is 1. The first-order valence-corrected chi connectivity index (χ1v) is 9.45. The summed E-state index contributed by atoms with van der Waals surface area (Å²) in [6.45, 7) is 3.66. The second-order valence-electron chi connectivity index (χ2n) is 7.17. The number of para-hydroxylation sites is 1. The molecule has 146 valence electrons. The number of nitrogens with zero attached hydrogens (tertiary/aromatic N) is 3. The smallest absolute Gasteiger partial charge is 0.255 e. The number of piperazine rings is 1. The lowest BCUT2D eigenvalue weighted by Gasteiger charge is -2.36. The van der Waals surface area contributed by atoms with E-state index < -0.39 is 0 Å². The van der Waals surface area contributed by atoms with Crippen molar-refractivity contribution >= 4 is 16.6 Å². The lowest BCUT2D eigenvalue weighted by Crippen LogP contribution is -2.46. The number of ether oxygens (including phenoxy) is 1. The van der Waals surface area contributed by atoms with E-state index in [0.717, 1.165) is 48.4 Å². The van der Waals surface area contributed by atoms with E-state index in [-0.39, 0.29) is 11.4 Å². The van der Waals surface area contributed by atoms with E-state index in [1.165, 1.54) is 6.07 Å². The third kappa shape index (κ3) is 3.47. The van der Waals surface area contributed by atoms with Crippen LogP contribution in [0, 0.1) is 5.82 Å². The van der Waals surface area contributed by atoms with Crippen molar-refractivity contribution < 1.29 is 9.13 Å². The van der Waals surface area contributed by atoms with Crippen LogP contribution < -0.4 is 15.2 Å². The molecule has 2 aromatic carbocycles. The molecule has 3 aromatic rings. The first-order chi connectivity index (χ1) is 13.6. The Bertz CT molecular complexity index is 1060. The summed E-state index contributed by atoms with van der Waals surface area (Å²) in [6, 6.07) is 14.6. The molecular weight excluding hydrogens is 357 g/mol. The van der Waals surface area contributed by atoms with Crippen molar-refractivity contribution in [2.75, 3.05) is 38.2 Å². The highest BCUT2D eigenvalue weighted by molar-refractivity contribution is 5.81. The molecule has 0 unspecified atom stereocenters. The largest absolute Gasteiger partial charge is 0.497 e. The monoisotopic (exact) mass is 381 g/mol. The minimum atomic E-state index is -0.185. The first kappa shape index (κ1) is 18.5. The van der Waals surface area contributed by atoms with Gasteiger partial charge in [-0.3, -0.25) is 9.69 Å². The van der Waals surface area contributed by atoms with E-state index in [9.17, 15) is 9.18 Å². The summed E-state index contributed by atoms with van der Waals surface area (Å²) < 4.78 is 21.0. The number of halogens is 1. The number of aromatic nitrogens is 1. The van der Waals surface area contributed by atoms with Gasteiger partial charge in [0.2, 0.25) is 0 Å². The Balaban J connectivity index is 1.51. The summed E-state index contributed by atoms with van der Waals surface area (Å²) in [6.07, 6.45) is 0. The molecule has 0 radical (unpaired) electrons. The van der Waals surface area contributed by atoms with Gasteiger partial charge in [-0.2, -0.15) is 0 Å². The lowest BCUT2D eigenvalue weighted by molar-refractivity contribution is 0.248. The van der Waals surface area contributed by atoms with Crippen LogP contribution in [0.15, 0.2) is 53.3 Å². The van der Waals surface area contributed by atoms with Gasteiger partial charge in [-0.15, -0.1) is 0 Å². The molecule has 1 aliphatic heterocycles. The topological polar surface area (TPSA) is 37.7 Å². The van der Waals surface area contributed by atoms with Crippen molar-refractivity contribution in [2.45, 2.75) is 6.54 Å². The molecule has 0 aliphatic carbocycles. The Morgan fingerprint density at radius 1 is 1.04 bits per heavy atom. The molecular formula is C22H24FN3O2. The van der Waals surface area contributed by atoms with E-state index in [1.807, 2.05) is 36.4 Å². The number of benzene rings is 2. The predicted octanol–water partition coefficient (Wildman–Crippen LogP) is 3.01. The average Bonchev–Trinajstić information content (AvgIpc) is 2.72. The molecule has 1 aliphatic rings. The molecule has 0 saturated carbocycles. The fraction of sp³-hybridized carbons (Fsp3) is 0.318. The van der Waals surface area contributed by atoms with Gasteiger partial charge in [0.1, 0.15) is 11.6 Å². The van der Waals surface area contributed by atoms with Gasteiger partial charge >= 0.3 is 0 Å². The zero-order chi connectivity index (χ0) is 19.7. The lowest BCUT2D eigenvalue weighted by atomic mass is 10.1. The molecule has 1 saturated heterocycles. The third-order valence-electron chi connectivity index (χ3n) is 5.47. The Kier molecular flexibility index (Phi) is 5.05. The van der Waals surface area contributed by atoms with E-state index >= 15 is 0 Å².